The molecule has 3 N–H and O–H groups in total. The summed E-state index contributed by atoms with van der Waals surface area (Å²) in [5, 5.41) is 9.64. The molecule has 0 radical (unpaired) electrons. The maximum atomic E-state index is 9.64. The predicted octanol–water partition coefficient (Wildman–Crippen LogP) is 1.15. The lowest BCUT2D eigenvalue weighted by Crippen LogP contribution is -2.31. The van der Waals surface area contributed by atoms with E-state index in [1.54, 1.807) is 7.11 Å². The molecule has 2 unspecified atom stereocenters. The van der Waals surface area contributed by atoms with Crippen LogP contribution in [-0.4, -0.2) is 38.5 Å². The lowest BCUT2D eigenvalue weighted by molar-refractivity contribution is 0.0695. The van der Waals surface area contributed by atoms with Gasteiger partial charge in [-0.25, -0.2) is 0 Å². The van der Waals surface area contributed by atoms with Crippen LogP contribution in [0.1, 0.15) is 18.5 Å². The first-order chi connectivity index (χ1) is 8.04. The smallest absolute Gasteiger partial charge is 0.0947 e. The molecular weight excluding hydrogens is 216 g/mol. The molecule has 17 heavy (non-hydrogen) atoms. The second-order valence-electron chi connectivity index (χ2n) is 4.37. The Morgan fingerprint density at radius 1 is 1.35 bits per heavy atom. The molecule has 0 saturated heterocycles. The molecule has 4 heteroatoms. The highest BCUT2D eigenvalue weighted by molar-refractivity contribution is 5.47. The number of hydrogen-bond acceptors (Lipinski definition) is 4. The van der Waals surface area contributed by atoms with Crippen molar-refractivity contribution in [1.82, 2.24) is 0 Å². The standard InChI is InChI=1S/C13H22N2O2/c1-10(14)11-4-6-12(7-5-11)15(2)8-13(16)9-17-3/h4-7,10,13,16H,8-9,14H2,1-3H3. The van der Waals surface area contributed by atoms with Gasteiger partial charge in [-0.1, -0.05) is 12.1 Å². The third-order valence-corrected chi connectivity index (χ3v) is 2.70. The van der Waals surface area contributed by atoms with Crippen molar-refractivity contribution in [1.29, 1.82) is 0 Å². The second-order valence-corrected chi connectivity index (χ2v) is 4.37. The van der Waals surface area contributed by atoms with E-state index in [4.69, 9.17) is 10.5 Å². The van der Waals surface area contributed by atoms with Crippen LogP contribution in [0.15, 0.2) is 24.3 Å². The Bertz CT molecular complexity index is 325. The number of aliphatic hydroxyl groups excluding tert-OH is 1. The third-order valence-electron chi connectivity index (χ3n) is 2.70. The van der Waals surface area contributed by atoms with Crippen LogP contribution in [0.4, 0.5) is 5.69 Å². The van der Waals surface area contributed by atoms with E-state index in [0.29, 0.717) is 13.2 Å². The van der Waals surface area contributed by atoms with Gasteiger partial charge in [0.15, 0.2) is 0 Å². The SMILES string of the molecule is COCC(O)CN(C)c1ccc(C(C)N)cc1. The molecule has 1 aromatic rings. The third kappa shape index (κ3) is 4.34. The Balaban J connectivity index is 2.60. The van der Waals surface area contributed by atoms with Crippen molar-refractivity contribution < 1.29 is 9.84 Å². The number of aliphatic hydroxyl groups is 1. The van der Waals surface area contributed by atoms with Gasteiger partial charge < -0.3 is 20.5 Å². The summed E-state index contributed by atoms with van der Waals surface area (Å²) in [6.45, 7) is 2.86. The number of hydrogen-bond donors (Lipinski definition) is 2. The summed E-state index contributed by atoms with van der Waals surface area (Å²) in [5.74, 6) is 0. The number of nitrogens with two attached hydrogens (primary N) is 1. The Morgan fingerprint density at radius 2 is 1.94 bits per heavy atom. The van der Waals surface area contributed by atoms with Crippen LogP contribution in [0.25, 0.3) is 0 Å². The van der Waals surface area contributed by atoms with Crippen molar-refractivity contribution >= 4 is 5.69 Å². The zero-order chi connectivity index (χ0) is 12.8. The van der Waals surface area contributed by atoms with Gasteiger partial charge in [0, 0.05) is 32.4 Å². The summed E-state index contributed by atoms with van der Waals surface area (Å²) >= 11 is 0. The van der Waals surface area contributed by atoms with Gasteiger partial charge in [0.25, 0.3) is 0 Å². The largest absolute Gasteiger partial charge is 0.389 e. The van der Waals surface area contributed by atoms with Gasteiger partial charge in [0.1, 0.15) is 0 Å². The number of ether oxygens (including phenoxy) is 1. The van der Waals surface area contributed by atoms with E-state index in [-0.39, 0.29) is 6.04 Å². The minimum Gasteiger partial charge on any atom is -0.389 e. The Morgan fingerprint density at radius 3 is 2.41 bits per heavy atom. The van der Waals surface area contributed by atoms with Crippen molar-refractivity contribution in [3.05, 3.63) is 29.8 Å². The lowest BCUT2D eigenvalue weighted by Gasteiger charge is -2.22. The minimum atomic E-state index is -0.474. The molecule has 0 aliphatic heterocycles. The fraction of sp³-hybridized carbons (Fsp3) is 0.538. The van der Waals surface area contributed by atoms with Gasteiger partial charge >= 0.3 is 0 Å². The zero-order valence-electron chi connectivity index (χ0n) is 10.8. The van der Waals surface area contributed by atoms with Gasteiger partial charge in [-0.05, 0) is 24.6 Å². The summed E-state index contributed by atoms with van der Waals surface area (Å²) in [7, 11) is 3.53. The van der Waals surface area contributed by atoms with E-state index in [9.17, 15) is 5.11 Å². The first kappa shape index (κ1) is 14.0. The fourth-order valence-corrected chi connectivity index (χ4v) is 1.70. The van der Waals surface area contributed by atoms with E-state index >= 15 is 0 Å². The van der Waals surface area contributed by atoms with E-state index in [0.717, 1.165) is 11.3 Å². The molecule has 1 rings (SSSR count). The molecule has 0 heterocycles. The van der Waals surface area contributed by atoms with Crippen molar-refractivity contribution in [2.75, 3.05) is 32.2 Å². The van der Waals surface area contributed by atoms with E-state index in [2.05, 4.69) is 0 Å². The summed E-state index contributed by atoms with van der Waals surface area (Å²) in [6.07, 6.45) is -0.474. The summed E-state index contributed by atoms with van der Waals surface area (Å²) < 4.78 is 4.90. The molecule has 0 aromatic heterocycles. The Hall–Kier alpha value is -1.10. The van der Waals surface area contributed by atoms with Crippen molar-refractivity contribution in [3.8, 4) is 0 Å². The first-order valence-electron chi connectivity index (χ1n) is 5.78. The number of rotatable bonds is 6. The number of nitrogens with zero attached hydrogens (tertiary/aromatic N) is 1. The molecule has 4 nitrogen and oxygen atoms in total. The summed E-state index contributed by atoms with van der Waals surface area (Å²) in [5.41, 5.74) is 7.96. The number of benzene rings is 1. The molecule has 0 fully saturated rings. The molecule has 0 amide bonds. The number of anilines is 1. The van der Waals surface area contributed by atoms with Crippen molar-refractivity contribution in [3.63, 3.8) is 0 Å². The van der Waals surface area contributed by atoms with Gasteiger partial charge in [-0.3, -0.25) is 0 Å². The molecule has 0 saturated carbocycles. The van der Waals surface area contributed by atoms with Crippen LogP contribution in [0, 0.1) is 0 Å². The fourth-order valence-electron chi connectivity index (χ4n) is 1.70. The van der Waals surface area contributed by atoms with Crippen LogP contribution >= 0.6 is 0 Å². The average Bonchev–Trinajstić information content (AvgIpc) is 2.29. The predicted molar refractivity (Wildman–Crippen MR) is 70.2 cm³/mol. The maximum Gasteiger partial charge on any atom is 0.0947 e. The van der Waals surface area contributed by atoms with Crippen molar-refractivity contribution in [2.45, 2.75) is 19.1 Å². The number of likely N-dealkylation sites (N-methyl/N-ethyl adjacent to an activating group) is 1. The molecule has 0 bridgehead atoms. The van der Waals surface area contributed by atoms with Crippen LogP contribution in [-0.2, 0) is 4.74 Å². The van der Waals surface area contributed by atoms with Crippen LogP contribution in [0.2, 0.25) is 0 Å². The minimum absolute atomic E-state index is 0.0495. The average molecular weight is 238 g/mol. The van der Waals surface area contributed by atoms with E-state index < -0.39 is 6.10 Å². The monoisotopic (exact) mass is 238 g/mol. The summed E-state index contributed by atoms with van der Waals surface area (Å²) in [6, 6.07) is 8.10. The summed E-state index contributed by atoms with van der Waals surface area (Å²) in [4.78, 5) is 1.99. The molecule has 1 aromatic carbocycles. The van der Waals surface area contributed by atoms with Gasteiger partial charge in [-0.2, -0.15) is 0 Å². The lowest BCUT2D eigenvalue weighted by atomic mass is 10.1. The van der Waals surface area contributed by atoms with Crippen LogP contribution in [0.5, 0.6) is 0 Å². The topological polar surface area (TPSA) is 58.7 Å². The first-order valence-corrected chi connectivity index (χ1v) is 5.78. The number of methoxy groups -OCH3 is 1. The van der Waals surface area contributed by atoms with E-state index in [1.165, 1.54) is 0 Å². The highest BCUT2D eigenvalue weighted by Crippen LogP contribution is 2.17. The molecule has 96 valence electrons. The van der Waals surface area contributed by atoms with Crippen molar-refractivity contribution in [2.24, 2.45) is 5.73 Å². The molecule has 2 atom stereocenters. The zero-order valence-corrected chi connectivity index (χ0v) is 10.8. The molecule has 0 aliphatic carbocycles. The van der Waals surface area contributed by atoms with Gasteiger partial charge in [-0.15, -0.1) is 0 Å². The van der Waals surface area contributed by atoms with Crippen LogP contribution in [0.3, 0.4) is 0 Å². The highest BCUT2D eigenvalue weighted by atomic mass is 16.5. The quantitative estimate of drug-likeness (QED) is 0.780. The normalized spacial score (nSPS) is 14.4. The molecule has 0 spiro atoms. The van der Waals surface area contributed by atoms with Gasteiger partial charge in [0.05, 0.1) is 12.7 Å². The van der Waals surface area contributed by atoms with Crippen LogP contribution < -0.4 is 10.6 Å². The highest BCUT2D eigenvalue weighted by Gasteiger charge is 2.08. The van der Waals surface area contributed by atoms with E-state index in [1.807, 2.05) is 43.1 Å². The molecule has 0 aliphatic rings. The van der Waals surface area contributed by atoms with Gasteiger partial charge in [0.2, 0.25) is 0 Å². The Kier molecular flexibility index (Phi) is 5.41. The molecular formula is C13H22N2O2. The maximum absolute atomic E-state index is 9.64. The second kappa shape index (κ2) is 6.59. The Labute approximate surface area is 103 Å².